The number of carbonyl (C=O) groups is 1. The van der Waals surface area contributed by atoms with E-state index in [1.54, 1.807) is 6.92 Å². The van der Waals surface area contributed by atoms with Gasteiger partial charge in [0.15, 0.2) is 6.20 Å². The van der Waals surface area contributed by atoms with Gasteiger partial charge in [-0.2, -0.15) is 0 Å². The van der Waals surface area contributed by atoms with E-state index in [2.05, 4.69) is 32.2 Å². The SMILES string of the molecule is C#CCC(C)NC(=O)c1cc([N+](=O)[O-])ncc1Br. The van der Waals surface area contributed by atoms with Gasteiger partial charge in [-0.3, -0.25) is 4.79 Å². The van der Waals surface area contributed by atoms with E-state index in [1.165, 1.54) is 6.20 Å². The molecule has 18 heavy (non-hydrogen) atoms. The Kier molecular flexibility index (Phi) is 4.80. The number of amides is 1. The van der Waals surface area contributed by atoms with Crippen LogP contribution in [0.15, 0.2) is 16.7 Å². The molecule has 1 aromatic rings. The molecule has 6 nitrogen and oxygen atoms in total. The third-order valence-electron chi connectivity index (χ3n) is 2.07. The molecule has 0 aliphatic heterocycles. The molecule has 0 saturated heterocycles. The molecular weight excluding hydrogens is 302 g/mol. The Morgan fingerprint density at radius 2 is 2.44 bits per heavy atom. The van der Waals surface area contributed by atoms with Crippen LogP contribution in [0.5, 0.6) is 0 Å². The van der Waals surface area contributed by atoms with E-state index in [9.17, 15) is 14.9 Å². The molecular formula is C11H10BrN3O3. The molecule has 0 saturated carbocycles. The van der Waals surface area contributed by atoms with Crippen molar-refractivity contribution < 1.29 is 9.72 Å². The van der Waals surface area contributed by atoms with Gasteiger partial charge in [0, 0.05) is 18.5 Å². The van der Waals surface area contributed by atoms with Crippen LogP contribution in [0.2, 0.25) is 0 Å². The van der Waals surface area contributed by atoms with Gasteiger partial charge in [-0.15, -0.1) is 12.3 Å². The third kappa shape index (κ3) is 3.53. The molecule has 0 fully saturated rings. The zero-order valence-electron chi connectivity index (χ0n) is 9.51. The van der Waals surface area contributed by atoms with Gasteiger partial charge in [-0.1, -0.05) is 0 Å². The Balaban J connectivity index is 2.95. The summed E-state index contributed by atoms with van der Waals surface area (Å²) in [4.78, 5) is 25.4. The van der Waals surface area contributed by atoms with Crippen LogP contribution in [0.4, 0.5) is 5.82 Å². The molecule has 0 spiro atoms. The highest BCUT2D eigenvalue weighted by atomic mass is 79.9. The number of nitrogens with one attached hydrogen (secondary N) is 1. The first-order chi connectivity index (χ1) is 8.45. The van der Waals surface area contributed by atoms with Crippen molar-refractivity contribution in [2.24, 2.45) is 0 Å². The number of halogens is 1. The minimum Gasteiger partial charge on any atom is -0.358 e. The summed E-state index contributed by atoms with van der Waals surface area (Å²) in [5, 5.41) is 13.2. The van der Waals surface area contributed by atoms with E-state index in [-0.39, 0.29) is 17.4 Å². The topological polar surface area (TPSA) is 85.1 Å². The summed E-state index contributed by atoms with van der Waals surface area (Å²) in [6.07, 6.45) is 6.73. The second-order valence-corrected chi connectivity index (χ2v) is 4.42. The zero-order valence-corrected chi connectivity index (χ0v) is 11.1. The van der Waals surface area contributed by atoms with Crippen molar-refractivity contribution in [2.45, 2.75) is 19.4 Å². The van der Waals surface area contributed by atoms with E-state index in [4.69, 9.17) is 6.42 Å². The minimum atomic E-state index is -0.659. The highest BCUT2D eigenvalue weighted by molar-refractivity contribution is 9.10. The largest absolute Gasteiger partial charge is 0.364 e. The van der Waals surface area contributed by atoms with Crippen molar-refractivity contribution in [3.8, 4) is 12.3 Å². The van der Waals surface area contributed by atoms with Crippen molar-refractivity contribution in [3.63, 3.8) is 0 Å². The van der Waals surface area contributed by atoms with Crippen molar-refractivity contribution in [3.05, 3.63) is 32.4 Å². The molecule has 7 heteroatoms. The normalized spacial score (nSPS) is 11.4. The van der Waals surface area contributed by atoms with E-state index in [0.717, 1.165) is 6.07 Å². The number of terminal acetylenes is 1. The van der Waals surface area contributed by atoms with Crippen LogP contribution in [0.3, 0.4) is 0 Å². The van der Waals surface area contributed by atoms with Crippen LogP contribution in [0, 0.1) is 22.5 Å². The van der Waals surface area contributed by atoms with Crippen molar-refractivity contribution in [1.82, 2.24) is 10.3 Å². The number of rotatable bonds is 4. The fraction of sp³-hybridized carbons (Fsp3) is 0.273. The molecule has 1 rings (SSSR count). The van der Waals surface area contributed by atoms with Gasteiger partial charge >= 0.3 is 5.82 Å². The number of carbonyl (C=O) groups excluding carboxylic acids is 1. The van der Waals surface area contributed by atoms with Gasteiger partial charge in [-0.25, -0.2) is 0 Å². The van der Waals surface area contributed by atoms with Gasteiger partial charge in [0.1, 0.15) is 0 Å². The average Bonchev–Trinajstić information content (AvgIpc) is 2.29. The second-order valence-electron chi connectivity index (χ2n) is 3.56. The molecule has 0 aliphatic rings. The van der Waals surface area contributed by atoms with Crippen LogP contribution >= 0.6 is 15.9 Å². The van der Waals surface area contributed by atoms with Gasteiger partial charge in [0.05, 0.1) is 10.0 Å². The lowest BCUT2D eigenvalue weighted by atomic mass is 10.2. The molecule has 94 valence electrons. The highest BCUT2D eigenvalue weighted by Gasteiger charge is 2.18. The van der Waals surface area contributed by atoms with Crippen LogP contribution < -0.4 is 5.32 Å². The first-order valence-electron chi connectivity index (χ1n) is 5.00. The average molecular weight is 312 g/mol. The van der Waals surface area contributed by atoms with Gasteiger partial charge < -0.3 is 15.4 Å². The number of nitro groups is 1. The number of hydrogen-bond donors (Lipinski definition) is 1. The lowest BCUT2D eigenvalue weighted by Crippen LogP contribution is -2.32. The second kappa shape index (κ2) is 6.12. The van der Waals surface area contributed by atoms with E-state index >= 15 is 0 Å². The lowest BCUT2D eigenvalue weighted by Gasteiger charge is -2.11. The van der Waals surface area contributed by atoms with Crippen LogP contribution in [0.25, 0.3) is 0 Å². The first-order valence-corrected chi connectivity index (χ1v) is 5.79. The quantitative estimate of drug-likeness (QED) is 0.523. The lowest BCUT2D eigenvalue weighted by molar-refractivity contribution is -0.389. The van der Waals surface area contributed by atoms with Crippen molar-refractivity contribution in [1.29, 1.82) is 0 Å². The predicted octanol–water partition coefficient (Wildman–Crippen LogP) is 1.89. The Morgan fingerprint density at radius 1 is 1.78 bits per heavy atom. The summed E-state index contributed by atoms with van der Waals surface area (Å²) in [7, 11) is 0. The molecule has 1 N–H and O–H groups in total. The van der Waals surface area contributed by atoms with Gasteiger partial charge in [0.25, 0.3) is 5.91 Å². The summed E-state index contributed by atoms with van der Waals surface area (Å²) < 4.78 is 0.388. The molecule has 0 radical (unpaired) electrons. The number of pyridine rings is 1. The molecule has 0 aliphatic carbocycles. The predicted molar refractivity (Wildman–Crippen MR) is 69.0 cm³/mol. The summed E-state index contributed by atoms with van der Waals surface area (Å²) in [5.74, 6) is 1.60. The molecule has 0 aromatic carbocycles. The number of nitrogens with zero attached hydrogens (tertiary/aromatic N) is 2. The summed E-state index contributed by atoms with van der Waals surface area (Å²) in [6, 6.07) is 0.906. The third-order valence-corrected chi connectivity index (χ3v) is 2.71. The van der Waals surface area contributed by atoms with Crippen LogP contribution in [0.1, 0.15) is 23.7 Å². The molecule has 1 aromatic heterocycles. The Bertz CT molecular complexity index is 525. The van der Waals surface area contributed by atoms with Crippen LogP contribution in [-0.4, -0.2) is 21.9 Å². The van der Waals surface area contributed by atoms with Crippen LogP contribution in [-0.2, 0) is 0 Å². The van der Waals surface area contributed by atoms with E-state index in [0.29, 0.717) is 10.9 Å². The number of aromatic nitrogens is 1. The fourth-order valence-electron chi connectivity index (χ4n) is 1.23. The summed E-state index contributed by atoms with van der Waals surface area (Å²) in [5.41, 5.74) is 0.153. The Morgan fingerprint density at radius 3 is 3.00 bits per heavy atom. The smallest absolute Gasteiger partial charge is 0.358 e. The monoisotopic (exact) mass is 311 g/mol. The van der Waals surface area contributed by atoms with Gasteiger partial charge in [0.2, 0.25) is 0 Å². The number of hydrogen-bond acceptors (Lipinski definition) is 4. The standard InChI is InChI=1S/C11H10BrN3O3/c1-3-4-7(2)14-11(16)8-5-10(15(17)18)13-6-9(8)12/h1,5-7H,4H2,2H3,(H,14,16). The summed E-state index contributed by atoms with van der Waals surface area (Å²) in [6.45, 7) is 1.75. The summed E-state index contributed by atoms with van der Waals surface area (Å²) >= 11 is 3.12. The van der Waals surface area contributed by atoms with Crippen molar-refractivity contribution in [2.75, 3.05) is 0 Å². The maximum Gasteiger partial charge on any atom is 0.364 e. The molecule has 0 bridgehead atoms. The zero-order chi connectivity index (χ0) is 13.7. The Hall–Kier alpha value is -1.94. The molecule has 1 atom stereocenters. The maximum atomic E-state index is 11.9. The fourth-order valence-corrected chi connectivity index (χ4v) is 1.63. The molecule has 1 unspecified atom stereocenters. The Labute approximate surface area is 112 Å². The maximum absolute atomic E-state index is 11.9. The van der Waals surface area contributed by atoms with Crippen molar-refractivity contribution >= 4 is 27.7 Å². The van der Waals surface area contributed by atoms with E-state index in [1.807, 2.05) is 0 Å². The minimum absolute atomic E-state index is 0.153. The van der Waals surface area contributed by atoms with Gasteiger partial charge in [-0.05, 0) is 32.8 Å². The van der Waals surface area contributed by atoms with E-state index < -0.39 is 10.8 Å². The highest BCUT2D eigenvalue weighted by Crippen LogP contribution is 2.19. The molecule has 1 amide bonds. The first kappa shape index (κ1) is 14.1. The molecule has 1 heterocycles.